The van der Waals surface area contributed by atoms with Gasteiger partial charge < -0.3 is 15.1 Å². The second-order valence-electron chi connectivity index (χ2n) is 7.22. The average Bonchev–Trinajstić information content (AvgIpc) is 2.67. The first-order valence-electron chi connectivity index (χ1n) is 9.33. The maximum absolute atomic E-state index is 12.4. The second-order valence-corrected chi connectivity index (χ2v) is 9.16. The van der Waals surface area contributed by atoms with E-state index in [0.717, 1.165) is 43.0 Å². The van der Waals surface area contributed by atoms with Gasteiger partial charge in [0.25, 0.3) is 0 Å². The largest absolute Gasteiger partial charge is 0.381 e. The molecule has 9 heteroatoms. The summed E-state index contributed by atoms with van der Waals surface area (Å²) in [6.07, 6.45) is 0.397. The molecule has 3 N–H and O–H groups in total. The first-order chi connectivity index (χ1) is 13.7. The Hall–Kier alpha value is -2.13. The van der Waals surface area contributed by atoms with Gasteiger partial charge in [0, 0.05) is 38.4 Å². The molecule has 0 aromatic heterocycles. The molecule has 1 saturated heterocycles. The third-order valence-electron chi connectivity index (χ3n) is 4.96. The third kappa shape index (κ3) is 5.93. The number of carbonyl (C=O) groups excluding carboxylic acids is 1. The SMILES string of the molecule is CN1CCN(C(=O)Cc2ccc(NCc3ccc(S(N)(=O)=O)c(Cl)c3)cc2)CC1. The van der Waals surface area contributed by atoms with E-state index >= 15 is 0 Å². The minimum absolute atomic E-state index is 0.0858. The van der Waals surface area contributed by atoms with Crippen LogP contribution in [-0.2, 0) is 27.8 Å². The van der Waals surface area contributed by atoms with E-state index in [0.29, 0.717) is 13.0 Å². The first-order valence-corrected chi connectivity index (χ1v) is 11.2. The lowest BCUT2D eigenvalue weighted by molar-refractivity contribution is -0.132. The Kier molecular flexibility index (Phi) is 6.79. The molecule has 2 aromatic rings. The number of nitrogens with zero attached hydrogens (tertiary/aromatic N) is 2. The summed E-state index contributed by atoms with van der Waals surface area (Å²) in [7, 11) is -1.76. The second kappa shape index (κ2) is 9.13. The van der Waals surface area contributed by atoms with Crippen molar-refractivity contribution in [2.75, 3.05) is 38.5 Å². The Morgan fingerprint density at radius 2 is 1.69 bits per heavy atom. The van der Waals surface area contributed by atoms with E-state index < -0.39 is 10.0 Å². The number of anilines is 1. The standard InChI is InChI=1S/C20H25ClN4O3S/c1-24-8-10-25(11-9-24)20(26)13-15-2-5-17(6-3-15)23-14-16-4-7-19(18(21)12-16)29(22,27)28/h2-7,12,23H,8-11,13-14H2,1H3,(H2,22,27,28). The van der Waals surface area contributed by atoms with Crippen molar-refractivity contribution in [3.63, 3.8) is 0 Å². The van der Waals surface area contributed by atoms with Crippen molar-refractivity contribution in [2.45, 2.75) is 17.9 Å². The molecular formula is C20H25ClN4O3S. The van der Waals surface area contributed by atoms with Crippen LogP contribution in [0.4, 0.5) is 5.69 Å². The molecular weight excluding hydrogens is 412 g/mol. The van der Waals surface area contributed by atoms with E-state index in [1.807, 2.05) is 29.2 Å². The molecule has 3 rings (SSSR count). The van der Waals surface area contributed by atoms with Gasteiger partial charge in [-0.05, 0) is 42.4 Å². The molecule has 0 aliphatic carbocycles. The molecule has 1 amide bonds. The quantitative estimate of drug-likeness (QED) is 0.721. The number of hydrogen-bond donors (Lipinski definition) is 2. The number of likely N-dealkylation sites (N-methyl/N-ethyl adjacent to an activating group) is 1. The van der Waals surface area contributed by atoms with Crippen LogP contribution in [0.2, 0.25) is 5.02 Å². The van der Waals surface area contributed by atoms with Gasteiger partial charge in [-0.25, -0.2) is 13.6 Å². The molecule has 2 aromatic carbocycles. The van der Waals surface area contributed by atoms with E-state index in [-0.39, 0.29) is 15.8 Å². The maximum Gasteiger partial charge on any atom is 0.239 e. The van der Waals surface area contributed by atoms with E-state index in [9.17, 15) is 13.2 Å². The van der Waals surface area contributed by atoms with Crippen LogP contribution < -0.4 is 10.5 Å². The van der Waals surface area contributed by atoms with Crippen LogP contribution in [0.5, 0.6) is 0 Å². The molecule has 0 radical (unpaired) electrons. The number of nitrogens with one attached hydrogen (secondary N) is 1. The van der Waals surface area contributed by atoms with Gasteiger partial charge in [-0.3, -0.25) is 4.79 Å². The summed E-state index contributed by atoms with van der Waals surface area (Å²) < 4.78 is 22.8. The minimum atomic E-state index is -3.83. The number of primary sulfonamides is 1. The highest BCUT2D eigenvalue weighted by atomic mass is 35.5. The molecule has 7 nitrogen and oxygen atoms in total. The van der Waals surface area contributed by atoms with Crippen molar-refractivity contribution >= 4 is 33.2 Å². The summed E-state index contributed by atoms with van der Waals surface area (Å²) in [4.78, 5) is 16.5. The van der Waals surface area contributed by atoms with Gasteiger partial charge in [0.1, 0.15) is 4.90 Å². The highest BCUT2D eigenvalue weighted by Gasteiger charge is 2.19. The summed E-state index contributed by atoms with van der Waals surface area (Å²) in [5.41, 5.74) is 2.70. The monoisotopic (exact) mass is 436 g/mol. The van der Waals surface area contributed by atoms with Crippen LogP contribution in [0.15, 0.2) is 47.4 Å². The number of amides is 1. The van der Waals surface area contributed by atoms with Crippen molar-refractivity contribution < 1.29 is 13.2 Å². The van der Waals surface area contributed by atoms with Crippen LogP contribution >= 0.6 is 11.6 Å². The lowest BCUT2D eigenvalue weighted by atomic mass is 10.1. The highest BCUT2D eigenvalue weighted by Crippen LogP contribution is 2.22. The van der Waals surface area contributed by atoms with Crippen molar-refractivity contribution in [3.05, 3.63) is 58.6 Å². The number of benzene rings is 2. The minimum Gasteiger partial charge on any atom is -0.381 e. The van der Waals surface area contributed by atoms with E-state index in [1.165, 1.54) is 6.07 Å². The zero-order valence-electron chi connectivity index (χ0n) is 16.3. The number of hydrogen-bond acceptors (Lipinski definition) is 5. The summed E-state index contributed by atoms with van der Waals surface area (Å²) in [5, 5.41) is 8.47. The third-order valence-corrected chi connectivity index (χ3v) is 6.36. The van der Waals surface area contributed by atoms with Crippen molar-refractivity contribution in [1.82, 2.24) is 9.80 Å². The number of carbonyl (C=O) groups is 1. The van der Waals surface area contributed by atoms with Gasteiger partial charge in [0.2, 0.25) is 15.9 Å². The summed E-state index contributed by atoms with van der Waals surface area (Å²) in [6.45, 7) is 3.86. The first kappa shape index (κ1) is 21.6. The van der Waals surface area contributed by atoms with Crippen LogP contribution in [0.3, 0.4) is 0 Å². The molecule has 0 unspecified atom stereocenters. The lowest BCUT2D eigenvalue weighted by Crippen LogP contribution is -2.47. The molecule has 0 bridgehead atoms. The molecule has 1 heterocycles. The number of nitrogens with two attached hydrogens (primary N) is 1. The number of piperazine rings is 1. The van der Waals surface area contributed by atoms with Crippen molar-refractivity contribution in [2.24, 2.45) is 5.14 Å². The number of sulfonamides is 1. The topological polar surface area (TPSA) is 95.7 Å². The summed E-state index contributed by atoms with van der Waals surface area (Å²) in [6, 6.07) is 12.4. The normalized spacial score (nSPS) is 15.3. The average molecular weight is 437 g/mol. The smallest absolute Gasteiger partial charge is 0.239 e. The zero-order chi connectivity index (χ0) is 21.0. The predicted octanol–water partition coefficient (Wildman–Crippen LogP) is 1.92. The molecule has 0 spiro atoms. The molecule has 1 fully saturated rings. The number of rotatable bonds is 6. The highest BCUT2D eigenvalue weighted by molar-refractivity contribution is 7.89. The Labute approximate surface area is 176 Å². The zero-order valence-corrected chi connectivity index (χ0v) is 17.8. The molecule has 156 valence electrons. The molecule has 0 atom stereocenters. The Balaban J connectivity index is 1.54. The predicted molar refractivity (Wildman–Crippen MR) is 114 cm³/mol. The van der Waals surface area contributed by atoms with Gasteiger partial charge in [0.15, 0.2) is 0 Å². The van der Waals surface area contributed by atoms with Gasteiger partial charge >= 0.3 is 0 Å². The van der Waals surface area contributed by atoms with E-state index in [4.69, 9.17) is 16.7 Å². The summed E-state index contributed by atoms with van der Waals surface area (Å²) >= 11 is 6.01. The fourth-order valence-corrected chi connectivity index (χ4v) is 4.29. The number of halogens is 1. The van der Waals surface area contributed by atoms with E-state index in [2.05, 4.69) is 17.3 Å². The summed E-state index contributed by atoms with van der Waals surface area (Å²) in [5.74, 6) is 0.156. The van der Waals surface area contributed by atoms with Gasteiger partial charge in [-0.1, -0.05) is 29.8 Å². The van der Waals surface area contributed by atoms with Crippen LogP contribution in [-0.4, -0.2) is 57.4 Å². The van der Waals surface area contributed by atoms with Crippen LogP contribution in [0.25, 0.3) is 0 Å². The van der Waals surface area contributed by atoms with Gasteiger partial charge in [0.05, 0.1) is 11.4 Å². The Morgan fingerprint density at radius 3 is 2.28 bits per heavy atom. The molecule has 29 heavy (non-hydrogen) atoms. The van der Waals surface area contributed by atoms with Gasteiger partial charge in [-0.2, -0.15) is 0 Å². The fourth-order valence-electron chi connectivity index (χ4n) is 3.17. The lowest BCUT2D eigenvalue weighted by Gasteiger charge is -2.32. The molecule has 1 aliphatic heterocycles. The molecule has 1 aliphatic rings. The fraction of sp³-hybridized carbons (Fsp3) is 0.350. The van der Waals surface area contributed by atoms with E-state index in [1.54, 1.807) is 12.1 Å². The van der Waals surface area contributed by atoms with Crippen LogP contribution in [0.1, 0.15) is 11.1 Å². The Bertz CT molecular complexity index is 972. The van der Waals surface area contributed by atoms with Crippen molar-refractivity contribution in [3.8, 4) is 0 Å². The van der Waals surface area contributed by atoms with Crippen LogP contribution in [0, 0.1) is 0 Å². The van der Waals surface area contributed by atoms with Gasteiger partial charge in [-0.15, -0.1) is 0 Å². The van der Waals surface area contributed by atoms with Crippen molar-refractivity contribution in [1.29, 1.82) is 0 Å². The maximum atomic E-state index is 12.4. The molecule has 0 saturated carbocycles. The Morgan fingerprint density at radius 1 is 1.07 bits per heavy atom.